The van der Waals surface area contributed by atoms with Crippen LogP contribution in [0.15, 0.2) is 60.5 Å². The van der Waals surface area contributed by atoms with Gasteiger partial charge in [-0.25, -0.2) is 9.78 Å². The van der Waals surface area contributed by atoms with Crippen LogP contribution in [0.2, 0.25) is 18.1 Å². The van der Waals surface area contributed by atoms with E-state index in [1.54, 1.807) is 0 Å². The second kappa shape index (κ2) is 11.2. The highest BCUT2D eigenvalue weighted by molar-refractivity contribution is 6.74. The third-order valence-corrected chi connectivity index (χ3v) is 18.0. The summed E-state index contributed by atoms with van der Waals surface area (Å²) in [4.78, 5) is 18.4. The number of carbonyl (C=O) groups is 1. The SMILES string of the molecule is Cc1cc(C(=O)O[C@H]2CC[C@@]3(C)C(=CCC4C3CC[C@]3(C)C(n5cnc6ccccc65)=CCC43)C2)cc(O[Si](C)(C)C(C)(C)C)c1C. The van der Waals surface area contributed by atoms with Crippen molar-refractivity contribution in [2.24, 2.45) is 28.6 Å². The zero-order chi connectivity index (χ0) is 33.5. The Hall–Kier alpha value is -3.12. The number of carbonyl (C=O) groups excluding carboxylic acids is 1. The molecular formula is C41H54N2O3Si. The summed E-state index contributed by atoms with van der Waals surface area (Å²) in [7, 11) is -2.05. The minimum atomic E-state index is -2.05. The summed E-state index contributed by atoms with van der Waals surface area (Å²) in [5.74, 6) is 2.62. The number of aromatic nitrogens is 2. The van der Waals surface area contributed by atoms with E-state index < -0.39 is 8.32 Å². The molecule has 2 saturated carbocycles. The predicted molar refractivity (Wildman–Crippen MR) is 194 cm³/mol. The van der Waals surface area contributed by atoms with Crippen LogP contribution in [0.3, 0.4) is 0 Å². The average molecular weight is 651 g/mol. The van der Waals surface area contributed by atoms with Gasteiger partial charge in [-0.2, -0.15) is 0 Å². The summed E-state index contributed by atoms with van der Waals surface area (Å²) in [5.41, 5.74) is 8.40. The van der Waals surface area contributed by atoms with E-state index in [1.165, 1.54) is 29.6 Å². The van der Waals surface area contributed by atoms with E-state index in [0.717, 1.165) is 54.5 Å². The lowest BCUT2D eigenvalue weighted by molar-refractivity contribution is -0.0315. The molecule has 1 heterocycles. The molecule has 2 fully saturated rings. The van der Waals surface area contributed by atoms with Gasteiger partial charge in [0.15, 0.2) is 0 Å². The zero-order valence-electron chi connectivity index (χ0n) is 30.1. The van der Waals surface area contributed by atoms with Crippen LogP contribution in [0, 0.1) is 42.4 Å². The van der Waals surface area contributed by atoms with Crippen molar-refractivity contribution < 1.29 is 14.0 Å². The Balaban J connectivity index is 1.06. The summed E-state index contributed by atoms with van der Waals surface area (Å²) in [5, 5.41) is 0.0772. The molecule has 0 spiro atoms. The normalized spacial score (nSPS) is 30.6. The van der Waals surface area contributed by atoms with Crippen molar-refractivity contribution in [1.82, 2.24) is 9.55 Å². The number of fused-ring (bicyclic) bond motifs is 6. The van der Waals surface area contributed by atoms with Gasteiger partial charge >= 0.3 is 5.97 Å². The Labute approximate surface area is 283 Å². The fourth-order valence-corrected chi connectivity index (χ4v) is 10.6. The third-order valence-electron chi connectivity index (χ3n) is 13.6. The minimum Gasteiger partial charge on any atom is -0.543 e. The van der Waals surface area contributed by atoms with Crippen molar-refractivity contribution >= 4 is 31.0 Å². The molecule has 0 aliphatic heterocycles. The average Bonchev–Trinajstić information content (AvgIpc) is 3.59. The van der Waals surface area contributed by atoms with Gasteiger partial charge in [-0.3, -0.25) is 0 Å². The number of rotatable bonds is 5. The second-order valence-electron chi connectivity index (χ2n) is 17.2. The van der Waals surface area contributed by atoms with E-state index in [4.69, 9.17) is 14.1 Å². The Morgan fingerprint density at radius 3 is 2.49 bits per heavy atom. The summed E-state index contributed by atoms with van der Waals surface area (Å²) >= 11 is 0. The van der Waals surface area contributed by atoms with Crippen molar-refractivity contribution in [3.05, 3.63) is 77.1 Å². The van der Waals surface area contributed by atoms with E-state index in [2.05, 4.69) is 103 Å². The number of esters is 1. The molecule has 3 unspecified atom stereocenters. The van der Waals surface area contributed by atoms with Gasteiger partial charge in [0.2, 0.25) is 8.32 Å². The number of para-hydroxylation sites is 2. The zero-order valence-corrected chi connectivity index (χ0v) is 31.1. The number of benzene rings is 2. The fraction of sp³-hybridized carbons (Fsp3) is 0.561. The first kappa shape index (κ1) is 32.4. The van der Waals surface area contributed by atoms with Crippen LogP contribution >= 0.6 is 0 Å². The third kappa shape index (κ3) is 5.24. The number of allylic oxidation sites excluding steroid dienone is 3. The van der Waals surface area contributed by atoms with Gasteiger partial charge in [-0.05, 0) is 129 Å². The highest BCUT2D eigenvalue weighted by Gasteiger charge is 2.57. The second-order valence-corrected chi connectivity index (χ2v) is 21.9. The van der Waals surface area contributed by atoms with Crippen molar-refractivity contribution in [1.29, 1.82) is 0 Å². The first-order valence-electron chi connectivity index (χ1n) is 18.0. The van der Waals surface area contributed by atoms with E-state index in [9.17, 15) is 4.79 Å². The van der Waals surface area contributed by atoms with Crippen LogP contribution in [-0.4, -0.2) is 29.9 Å². The molecule has 1 aromatic heterocycles. The number of hydrogen-bond donors (Lipinski definition) is 0. The predicted octanol–water partition coefficient (Wildman–Crippen LogP) is 10.7. The number of aryl methyl sites for hydroxylation is 1. The van der Waals surface area contributed by atoms with E-state index >= 15 is 0 Å². The Morgan fingerprint density at radius 1 is 0.979 bits per heavy atom. The smallest absolute Gasteiger partial charge is 0.338 e. The quantitative estimate of drug-likeness (QED) is 0.157. The van der Waals surface area contributed by atoms with Crippen LogP contribution < -0.4 is 4.43 Å². The van der Waals surface area contributed by atoms with Crippen LogP contribution in [0.4, 0.5) is 0 Å². The van der Waals surface area contributed by atoms with Gasteiger partial charge in [0.1, 0.15) is 18.2 Å². The van der Waals surface area contributed by atoms with Crippen LogP contribution in [0.25, 0.3) is 16.7 Å². The molecule has 0 N–H and O–H groups in total. The van der Waals surface area contributed by atoms with E-state index in [-0.39, 0.29) is 27.9 Å². The molecule has 5 nitrogen and oxygen atoms in total. The molecular weight excluding hydrogens is 597 g/mol. The molecule has 47 heavy (non-hydrogen) atoms. The number of nitrogens with zero attached hydrogens (tertiary/aromatic N) is 2. The van der Waals surface area contributed by atoms with Gasteiger partial charge in [-0.1, -0.05) is 64.5 Å². The molecule has 6 heteroatoms. The summed E-state index contributed by atoms with van der Waals surface area (Å²) in [6.45, 7) is 20.4. The lowest BCUT2D eigenvalue weighted by atomic mass is 9.47. The first-order chi connectivity index (χ1) is 22.1. The molecule has 4 aliphatic carbocycles. The largest absolute Gasteiger partial charge is 0.543 e. The Morgan fingerprint density at radius 2 is 1.72 bits per heavy atom. The first-order valence-corrected chi connectivity index (χ1v) is 20.9. The maximum Gasteiger partial charge on any atom is 0.338 e. The molecule has 4 aliphatic rings. The van der Waals surface area contributed by atoms with E-state index in [0.29, 0.717) is 23.3 Å². The lowest BCUT2D eigenvalue weighted by Crippen LogP contribution is -2.50. The molecule has 0 saturated heterocycles. The van der Waals surface area contributed by atoms with Crippen molar-refractivity contribution in [2.45, 2.75) is 118 Å². The Kier molecular flexibility index (Phi) is 7.74. The summed E-state index contributed by atoms with van der Waals surface area (Å²) in [6.07, 6.45) is 14.7. The topological polar surface area (TPSA) is 53.4 Å². The molecule has 2 aromatic carbocycles. The van der Waals surface area contributed by atoms with Crippen LogP contribution in [-0.2, 0) is 4.74 Å². The molecule has 6 atom stereocenters. The van der Waals surface area contributed by atoms with Gasteiger partial charge in [0.05, 0.1) is 16.6 Å². The molecule has 0 radical (unpaired) electrons. The maximum absolute atomic E-state index is 13.6. The number of imidazole rings is 1. The highest BCUT2D eigenvalue weighted by atomic mass is 28.4. The maximum atomic E-state index is 13.6. The van der Waals surface area contributed by atoms with Gasteiger partial charge < -0.3 is 13.7 Å². The van der Waals surface area contributed by atoms with Gasteiger partial charge in [0.25, 0.3) is 0 Å². The molecule has 7 rings (SSSR count). The summed E-state index contributed by atoms with van der Waals surface area (Å²) < 4.78 is 15.4. The van der Waals surface area contributed by atoms with Crippen LogP contribution in [0.1, 0.15) is 101 Å². The van der Waals surface area contributed by atoms with Gasteiger partial charge in [-0.15, -0.1) is 0 Å². The van der Waals surface area contributed by atoms with Crippen molar-refractivity contribution in [3.63, 3.8) is 0 Å². The van der Waals surface area contributed by atoms with Crippen molar-refractivity contribution in [2.75, 3.05) is 0 Å². The number of ether oxygens (including phenoxy) is 1. The number of hydrogen-bond acceptors (Lipinski definition) is 4. The van der Waals surface area contributed by atoms with Gasteiger partial charge in [0, 0.05) is 17.5 Å². The van der Waals surface area contributed by atoms with Crippen molar-refractivity contribution in [3.8, 4) is 5.75 Å². The molecule has 3 aromatic rings. The summed E-state index contributed by atoms with van der Waals surface area (Å²) in [6, 6.07) is 12.4. The standard InChI is InChI=1S/C41H54N2O3Si/c1-26-22-28(23-36(27(26)2)46-47(8,9)39(3,4)5)38(44)45-30-18-20-40(6)29(24-30)14-15-31-32-16-17-37(41(32,7)21-19-33(31)40)43-25-42-34-12-10-11-13-35(34)43/h10-14,17,22-23,25,30-33H,15-16,18-21,24H2,1-9H3/t30-,31?,32?,33?,40-,41-/m0/s1. The fourth-order valence-electron chi connectivity index (χ4n) is 9.50. The Bertz CT molecular complexity index is 1790. The molecule has 0 amide bonds. The van der Waals surface area contributed by atoms with E-state index in [1.807, 2.05) is 18.5 Å². The molecule has 0 bridgehead atoms. The lowest BCUT2D eigenvalue weighted by Gasteiger charge is -2.57. The molecule has 250 valence electrons. The monoisotopic (exact) mass is 650 g/mol. The minimum absolute atomic E-state index is 0.0760. The highest BCUT2D eigenvalue weighted by Crippen LogP contribution is 2.66. The van der Waals surface area contributed by atoms with Crippen LogP contribution in [0.5, 0.6) is 5.75 Å².